The van der Waals surface area contributed by atoms with Crippen LogP contribution in [0.25, 0.3) is 0 Å². The number of nitrogens with zero attached hydrogens (tertiary/aromatic N) is 3. The first-order chi connectivity index (χ1) is 8.13. The van der Waals surface area contributed by atoms with Gasteiger partial charge < -0.3 is 5.32 Å². The Morgan fingerprint density at radius 2 is 2.12 bits per heavy atom. The fraction of sp³-hybridized carbons (Fsp3) is 0.100. The predicted octanol–water partition coefficient (Wildman–Crippen LogP) is 2.17. The van der Waals surface area contributed by atoms with Crippen molar-refractivity contribution in [3.8, 4) is 0 Å². The highest BCUT2D eigenvalue weighted by Gasteiger charge is 2.05. The van der Waals surface area contributed by atoms with E-state index in [4.69, 9.17) is 11.6 Å². The highest BCUT2D eigenvalue weighted by atomic mass is 127. The smallest absolute Gasteiger partial charge is 0.246 e. The summed E-state index contributed by atoms with van der Waals surface area (Å²) in [6, 6.07) is 6.92. The second-order valence-electron chi connectivity index (χ2n) is 3.27. The predicted molar refractivity (Wildman–Crippen MR) is 72.8 cm³/mol. The molecule has 88 valence electrons. The van der Waals surface area contributed by atoms with Crippen molar-refractivity contribution in [1.29, 1.82) is 0 Å². The van der Waals surface area contributed by atoms with E-state index in [1.165, 1.54) is 11.0 Å². The first-order valence-electron chi connectivity index (χ1n) is 4.74. The average molecular weight is 363 g/mol. The molecule has 7 heteroatoms. The van der Waals surface area contributed by atoms with Gasteiger partial charge in [0.15, 0.2) is 0 Å². The summed E-state index contributed by atoms with van der Waals surface area (Å²) >= 11 is 7.73. The zero-order valence-corrected chi connectivity index (χ0v) is 11.5. The Balaban J connectivity index is 1.95. The van der Waals surface area contributed by atoms with Gasteiger partial charge in [-0.3, -0.25) is 4.79 Å². The molecule has 0 radical (unpaired) electrons. The number of rotatable bonds is 3. The number of carbonyl (C=O) groups is 1. The van der Waals surface area contributed by atoms with Gasteiger partial charge in [0.25, 0.3) is 0 Å². The van der Waals surface area contributed by atoms with Gasteiger partial charge in [-0.05, 0) is 24.3 Å². The first-order valence-corrected chi connectivity index (χ1v) is 6.19. The molecule has 0 unspecified atom stereocenters. The van der Waals surface area contributed by atoms with Crippen molar-refractivity contribution in [3.63, 3.8) is 0 Å². The molecule has 1 amide bonds. The molecule has 0 aliphatic rings. The molecule has 2 rings (SSSR count). The maximum atomic E-state index is 11.6. The molecule has 0 bridgehead atoms. The number of aromatic nitrogens is 3. The minimum absolute atomic E-state index is 0.138. The summed E-state index contributed by atoms with van der Waals surface area (Å²) in [4.78, 5) is 15.6. The SMILES string of the molecule is O=C(Cn1cnc(I)n1)Nc1ccc(Cl)cc1. The number of hydrogen-bond acceptors (Lipinski definition) is 3. The molecule has 1 N–H and O–H groups in total. The maximum absolute atomic E-state index is 11.6. The molecule has 0 saturated carbocycles. The van der Waals surface area contributed by atoms with Gasteiger partial charge in [-0.1, -0.05) is 11.6 Å². The highest BCUT2D eigenvalue weighted by Crippen LogP contribution is 2.13. The zero-order chi connectivity index (χ0) is 12.3. The molecule has 0 aliphatic heterocycles. The van der Waals surface area contributed by atoms with Crippen molar-refractivity contribution in [1.82, 2.24) is 14.8 Å². The zero-order valence-electron chi connectivity index (χ0n) is 8.60. The van der Waals surface area contributed by atoms with Crippen molar-refractivity contribution >= 4 is 45.8 Å². The van der Waals surface area contributed by atoms with Crippen LogP contribution >= 0.6 is 34.2 Å². The number of amides is 1. The molecular weight excluding hydrogens is 354 g/mol. The lowest BCUT2D eigenvalue weighted by Crippen LogP contribution is -2.19. The van der Waals surface area contributed by atoms with E-state index in [0.29, 0.717) is 14.5 Å². The van der Waals surface area contributed by atoms with Gasteiger partial charge in [-0.2, -0.15) is 0 Å². The molecule has 17 heavy (non-hydrogen) atoms. The van der Waals surface area contributed by atoms with Gasteiger partial charge in [0.05, 0.1) is 0 Å². The maximum Gasteiger partial charge on any atom is 0.246 e. The van der Waals surface area contributed by atoms with E-state index in [1.54, 1.807) is 24.3 Å². The van der Waals surface area contributed by atoms with Crippen LogP contribution in [0.5, 0.6) is 0 Å². The van der Waals surface area contributed by atoms with Crippen molar-refractivity contribution in [2.45, 2.75) is 6.54 Å². The summed E-state index contributed by atoms with van der Waals surface area (Å²) in [5.74, 6) is -0.159. The van der Waals surface area contributed by atoms with Gasteiger partial charge in [0, 0.05) is 33.3 Å². The van der Waals surface area contributed by atoms with E-state index >= 15 is 0 Å². The molecule has 0 spiro atoms. The number of anilines is 1. The molecule has 1 aromatic heterocycles. The van der Waals surface area contributed by atoms with Crippen LogP contribution in [-0.4, -0.2) is 20.7 Å². The number of carbonyl (C=O) groups excluding carboxylic acids is 1. The Morgan fingerprint density at radius 3 is 2.71 bits per heavy atom. The van der Waals surface area contributed by atoms with Crippen LogP contribution < -0.4 is 5.32 Å². The van der Waals surface area contributed by atoms with Gasteiger partial charge in [-0.15, -0.1) is 5.10 Å². The van der Waals surface area contributed by atoms with E-state index in [1.807, 2.05) is 22.6 Å². The van der Waals surface area contributed by atoms with Crippen LogP contribution in [0.1, 0.15) is 0 Å². The topological polar surface area (TPSA) is 59.8 Å². The van der Waals surface area contributed by atoms with Gasteiger partial charge in [-0.25, -0.2) is 9.67 Å². The third-order valence-corrected chi connectivity index (χ3v) is 2.69. The average Bonchev–Trinajstić information content (AvgIpc) is 2.67. The molecule has 1 heterocycles. The molecule has 2 aromatic rings. The Kier molecular flexibility index (Phi) is 3.95. The molecule has 0 fully saturated rings. The molecule has 0 saturated heterocycles. The van der Waals surface area contributed by atoms with Crippen molar-refractivity contribution in [3.05, 3.63) is 39.4 Å². The number of halogens is 2. The van der Waals surface area contributed by atoms with Crippen LogP contribution in [-0.2, 0) is 11.3 Å². The molecule has 0 aliphatic carbocycles. The van der Waals surface area contributed by atoms with Crippen LogP contribution in [0.15, 0.2) is 30.6 Å². The van der Waals surface area contributed by atoms with Crippen molar-refractivity contribution in [2.24, 2.45) is 0 Å². The lowest BCUT2D eigenvalue weighted by molar-refractivity contribution is -0.116. The summed E-state index contributed by atoms with van der Waals surface area (Å²) in [7, 11) is 0. The van der Waals surface area contributed by atoms with Gasteiger partial charge >= 0.3 is 0 Å². The van der Waals surface area contributed by atoms with Crippen molar-refractivity contribution < 1.29 is 4.79 Å². The molecule has 5 nitrogen and oxygen atoms in total. The van der Waals surface area contributed by atoms with E-state index in [9.17, 15) is 4.79 Å². The summed E-state index contributed by atoms with van der Waals surface area (Å²) in [5, 5.41) is 7.39. The lowest BCUT2D eigenvalue weighted by Gasteiger charge is -2.04. The molecular formula is C10H8ClIN4O. The summed E-state index contributed by atoms with van der Waals surface area (Å²) in [6.45, 7) is 0.138. The monoisotopic (exact) mass is 362 g/mol. The Bertz CT molecular complexity index is 525. The van der Waals surface area contributed by atoms with E-state index in [2.05, 4.69) is 15.4 Å². The van der Waals surface area contributed by atoms with Crippen LogP contribution in [0.2, 0.25) is 5.02 Å². The van der Waals surface area contributed by atoms with E-state index in [0.717, 1.165) is 0 Å². The third-order valence-electron chi connectivity index (χ3n) is 1.94. The van der Waals surface area contributed by atoms with Crippen molar-refractivity contribution in [2.75, 3.05) is 5.32 Å². The largest absolute Gasteiger partial charge is 0.324 e. The van der Waals surface area contributed by atoms with Gasteiger partial charge in [0.1, 0.15) is 12.9 Å². The fourth-order valence-electron chi connectivity index (χ4n) is 1.23. The third kappa shape index (κ3) is 3.67. The van der Waals surface area contributed by atoms with Crippen LogP contribution in [0.3, 0.4) is 0 Å². The minimum atomic E-state index is -0.159. The van der Waals surface area contributed by atoms with E-state index < -0.39 is 0 Å². The molecule has 1 aromatic carbocycles. The van der Waals surface area contributed by atoms with Crippen LogP contribution in [0.4, 0.5) is 5.69 Å². The summed E-state index contributed by atoms with van der Waals surface area (Å²) < 4.78 is 2.09. The van der Waals surface area contributed by atoms with Gasteiger partial charge in [0.2, 0.25) is 9.74 Å². The highest BCUT2D eigenvalue weighted by molar-refractivity contribution is 14.1. The quantitative estimate of drug-likeness (QED) is 0.852. The second kappa shape index (κ2) is 5.46. The van der Waals surface area contributed by atoms with E-state index in [-0.39, 0.29) is 12.5 Å². The number of benzene rings is 1. The standard InChI is InChI=1S/C10H8ClIN4O/c11-7-1-3-8(4-2-7)14-9(17)5-16-6-13-10(12)15-16/h1-4,6H,5H2,(H,14,17). The lowest BCUT2D eigenvalue weighted by atomic mass is 10.3. The number of nitrogens with one attached hydrogen (secondary N) is 1. The Labute approximate surface area is 116 Å². The summed E-state index contributed by atoms with van der Waals surface area (Å²) in [5.41, 5.74) is 0.703. The minimum Gasteiger partial charge on any atom is -0.324 e. The molecule has 0 atom stereocenters. The Morgan fingerprint density at radius 1 is 1.41 bits per heavy atom. The first kappa shape index (κ1) is 12.3. The summed E-state index contributed by atoms with van der Waals surface area (Å²) in [6.07, 6.45) is 1.52. The normalized spacial score (nSPS) is 10.2. The number of hydrogen-bond donors (Lipinski definition) is 1. The Hall–Kier alpha value is -1.15. The van der Waals surface area contributed by atoms with Crippen LogP contribution in [0, 0.1) is 3.83 Å². The second-order valence-corrected chi connectivity index (χ2v) is 4.67. The fourth-order valence-corrected chi connectivity index (χ4v) is 1.76.